The van der Waals surface area contributed by atoms with Crippen LogP contribution in [0.5, 0.6) is 11.5 Å². The van der Waals surface area contributed by atoms with Crippen molar-refractivity contribution in [3.8, 4) is 11.5 Å². The molecule has 100 valence electrons. The molecule has 0 bridgehead atoms. The van der Waals surface area contributed by atoms with Gasteiger partial charge in [0.25, 0.3) is 0 Å². The Morgan fingerprint density at radius 3 is 2.53 bits per heavy atom. The minimum Gasteiger partial charge on any atom is -0.456 e. The molecule has 2 aromatic rings. The first kappa shape index (κ1) is 14.0. The molecule has 0 saturated heterocycles. The fourth-order valence-corrected chi connectivity index (χ4v) is 2.54. The fraction of sp³-hybridized carbons (Fsp3) is 0.267. The topological polar surface area (TPSA) is 48.1 Å². The Hall–Kier alpha value is -1.39. The third-order valence-corrected chi connectivity index (χ3v) is 3.55. The summed E-state index contributed by atoms with van der Waals surface area (Å²) in [7, 11) is 0. The van der Waals surface area contributed by atoms with Crippen molar-refractivity contribution in [2.75, 3.05) is 0 Å². The molecular formula is C15H17BrN2O. The molecule has 0 aliphatic heterocycles. The number of nitrogens with two attached hydrogens (primary N) is 1. The van der Waals surface area contributed by atoms with E-state index < -0.39 is 0 Å². The van der Waals surface area contributed by atoms with Crippen molar-refractivity contribution < 1.29 is 4.74 Å². The van der Waals surface area contributed by atoms with Crippen molar-refractivity contribution in [2.45, 2.75) is 27.3 Å². The monoisotopic (exact) mass is 320 g/mol. The van der Waals surface area contributed by atoms with Crippen molar-refractivity contribution >= 4 is 15.9 Å². The summed E-state index contributed by atoms with van der Waals surface area (Å²) in [6, 6.07) is 7.91. The molecule has 19 heavy (non-hydrogen) atoms. The van der Waals surface area contributed by atoms with E-state index >= 15 is 0 Å². The zero-order valence-corrected chi connectivity index (χ0v) is 12.9. The number of hydrogen-bond acceptors (Lipinski definition) is 3. The number of nitrogens with zero attached hydrogens (tertiary/aromatic N) is 1. The number of aryl methyl sites for hydroxylation is 3. The minimum absolute atomic E-state index is 0.415. The number of pyridine rings is 1. The lowest BCUT2D eigenvalue weighted by atomic mass is 10.1. The first-order valence-corrected chi connectivity index (χ1v) is 6.91. The highest BCUT2D eigenvalue weighted by molar-refractivity contribution is 9.10. The molecule has 1 aromatic heterocycles. The molecule has 0 saturated carbocycles. The van der Waals surface area contributed by atoms with Gasteiger partial charge in [-0.2, -0.15) is 0 Å². The van der Waals surface area contributed by atoms with E-state index in [4.69, 9.17) is 10.5 Å². The van der Waals surface area contributed by atoms with Crippen LogP contribution in [0.3, 0.4) is 0 Å². The van der Waals surface area contributed by atoms with Crippen LogP contribution in [0.25, 0.3) is 0 Å². The Kier molecular flexibility index (Phi) is 4.22. The van der Waals surface area contributed by atoms with Gasteiger partial charge in [0, 0.05) is 29.6 Å². The first-order valence-electron chi connectivity index (χ1n) is 6.12. The first-order chi connectivity index (χ1) is 9.01. The van der Waals surface area contributed by atoms with Gasteiger partial charge in [-0.15, -0.1) is 0 Å². The molecule has 0 spiro atoms. The summed E-state index contributed by atoms with van der Waals surface area (Å²) in [4.78, 5) is 4.41. The highest BCUT2D eigenvalue weighted by atomic mass is 79.9. The van der Waals surface area contributed by atoms with E-state index in [-0.39, 0.29) is 0 Å². The van der Waals surface area contributed by atoms with Gasteiger partial charge in [0.1, 0.15) is 11.5 Å². The van der Waals surface area contributed by atoms with Gasteiger partial charge >= 0.3 is 0 Å². The number of aromatic nitrogens is 1. The Bertz CT molecular complexity index is 611. The number of benzene rings is 1. The molecule has 0 unspecified atom stereocenters. The van der Waals surface area contributed by atoms with Gasteiger partial charge in [-0.05, 0) is 54.4 Å². The summed E-state index contributed by atoms with van der Waals surface area (Å²) in [5.74, 6) is 1.56. The van der Waals surface area contributed by atoms with Crippen LogP contribution in [-0.2, 0) is 6.54 Å². The van der Waals surface area contributed by atoms with Crippen molar-refractivity contribution in [3.63, 3.8) is 0 Å². The van der Waals surface area contributed by atoms with Crippen LogP contribution in [-0.4, -0.2) is 4.98 Å². The number of rotatable bonds is 3. The van der Waals surface area contributed by atoms with E-state index in [2.05, 4.69) is 20.9 Å². The lowest BCUT2D eigenvalue weighted by Crippen LogP contribution is -2.05. The largest absolute Gasteiger partial charge is 0.456 e. The van der Waals surface area contributed by atoms with E-state index in [1.165, 1.54) is 5.56 Å². The lowest BCUT2D eigenvalue weighted by molar-refractivity contribution is 0.471. The zero-order chi connectivity index (χ0) is 14.0. The Morgan fingerprint density at radius 2 is 1.89 bits per heavy atom. The average molecular weight is 321 g/mol. The molecule has 0 aliphatic rings. The van der Waals surface area contributed by atoms with Crippen molar-refractivity contribution in [1.29, 1.82) is 0 Å². The molecule has 3 nitrogen and oxygen atoms in total. The molecule has 0 fully saturated rings. The van der Waals surface area contributed by atoms with Crippen molar-refractivity contribution in [2.24, 2.45) is 5.73 Å². The van der Waals surface area contributed by atoms with E-state index in [1.54, 1.807) is 0 Å². The second-order valence-electron chi connectivity index (χ2n) is 4.57. The normalized spacial score (nSPS) is 10.6. The number of halogens is 1. The van der Waals surface area contributed by atoms with Crippen LogP contribution in [0, 0.1) is 20.8 Å². The third-order valence-electron chi connectivity index (χ3n) is 2.93. The smallest absolute Gasteiger partial charge is 0.141 e. The molecule has 0 atom stereocenters. The SMILES string of the molecule is Cc1ccc(Oc2cc(C)nc(C)c2CN)c(Br)c1. The van der Waals surface area contributed by atoms with E-state index in [0.29, 0.717) is 6.54 Å². The van der Waals surface area contributed by atoms with Crippen LogP contribution in [0.15, 0.2) is 28.7 Å². The summed E-state index contributed by atoms with van der Waals surface area (Å²) < 4.78 is 6.91. The van der Waals surface area contributed by atoms with E-state index in [9.17, 15) is 0 Å². The highest BCUT2D eigenvalue weighted by Crippen LogP contribution is 2.33. The lowest BCUT2D eigenvalue weighted by Gasteiger charge is -2.14. The van der Waals surface area contributed by atoms with Crippen LogP contribution >= 0.6 is 15.9 Å². The molecule has 2 N–H and O–H groups in total. The summed E-state index contributed by atoms with van der Waals surface area (Å²) in [5, 5.41) is 0. The Labute approximate surface area is 121 Å². The van der Waals surface area contributed by atoms with Crippen LogP contribution in [0.2, 0.25) is 0 Å². The second-order valence-corrected chi connectivity index (χ2v) is 5.42. The maximum atomic E-state index is 5.98. The molecule has 1 aromatic carbocycles. The van der Waals surface area contributed by atoms with Crippen LogP contribution in [0.4, 0.5) is 0 Å². The molecule has 0 amide bonds. The quantitative estimate of drug-likeness (QED) is 0.929. The summed E-state index contributed by atoms with van der Waals surface area (Å²) in [5.41, 5.74) is 9.75. The zero-order valence-electron chi connectivity index (χ0n) is 11.3. The summed E-state index contributed by atoms with van der Waals surface area (Å²) in [6.07, 6.45) is 0. The Morgan fingerprint density at radius 1 is 1.16 bits per heavy atom. The fourth-order valence-electron chi connectivity index (χ4n) is 1.97. The molecular weight excluding hydrogens is 304 g/mol. The maximum absolute atomic E-state index is 5.98. The molecule has 0 aliphatic carbocycles. The van der Waals surface area contributed by atoms with Crippen LogP contribution < -0.4 is 10.5 Å². The van der Waals surface area contributed by atoms with Gasteiger partial charge < -0.3 is 10.5 Å². The van der Waals surface area contributed by atoms with E-state index in [1.807, 2.05) is 45.0 Å². The van der Waals surface area contributed by atoms with E-state index in [0.717, 1.165) is 32.9 Å². The molecule has 0 radical (unpaired) electrons. The van der Waals surface area contributed by atoms with Gasteiger partial charge in [0.2, 0.25) is 0 Å². The Balaban J connectivity index is 2.42. The van der Waals surface area contributed by atoms with Gasteiger partial charge in [0.05, 0.1) is 4.47 Å². The van der Waals surface area contributed by atoms with Crippen molar-refractivity contribution in [1.82, 2.24) is 4.98 Å². The van der Waals surface area contributed by atoms with Crippen LogP contribution in [0.1, 0.15) is 22.5 Å². The molecule has 2 rings (SSSR count). The number of hydrogen-bond donors (Lipinski definition) is 1. The third kappa shape index (κ3) is 3.14. The number of ether oxygens (including phenoxy) is 1. The van der Waals surface area contributed by atoms with Gasteiger partial charge in [0.15, 0.2) is 0 Å². The predicted molar refractivity (Wildman–Crippen MR) is 80.6 cm³/mol. The standard InChI is InChI=1S/C15H17BrN2O/c1-9-4-5-14(13(16)6-9)19-15-7-10(2)18-11(3)12(15)8-17/h4-7H,8,17H2,1-3H3. The van der Waals surface area contributed by atoms with Gasteiger partial charge in [-0.25, -0.2) is 0 Å². The average Bonchev–Trinajstić information content (AvgIpc) is 2.32. The molecule has 1 heterocycles. The van der Waals surface area contributed by atoms with Crippen molar-refractivity contribution in [3.05, 3.63) is 51.3 Å². The summed E-state index contributed by atoms with van der Waals surface area (Å²) in [6.45, 7) is 6.36. The minimum atomic E-state index is 0.415. The second kappa shape index (κ2) is 5.72. The summed E-state index contributed by atoms with van der Waals surface area (Å²) >= 11 is 3.52. The van der Waals surface area contributed by atoms with Gasteiger partial charge in [-0.1, -0.05) is 6.07 Å². The highest BCUT2D eigenvalue weighted by Gasteiger charge is 2.11. The van der Waals surface area contributed by atoms with Gasteiger partial charge in [-0.3, -0.25) is 4.98 Å². The predicted octanol–water partition coefficient (Wildman–Crippen LogP) is 4.02. The molecule has 4 heteroatoms. The maximum Gasteiger partial charge on any atom is 0.141 e.